The van der Waals surface area contributed by atoms with Crippen LogP contribution in [0, 0.1) is 6.92 Å². The summed E-state index contributed by atoms with van der Waals surface area (Å²) >= 11 is 12.8. The van der Waals surface area contributed by atoms with Gasteiger partial charge in [0.25, 0.3) is 0 Å². The number of rotatable bonds is 1. The molecule has 0 aliphatic heterocycles. The summed E-state index contributed by atoms with van der Waals surface area (Å²) in [5, 5.41) is 1.63. The van der Waals surface area contributed by atoms with E-state index in [9.17, 15) is 0 Å². The number of hydrogen-bond acceptors (Lipinski definition) is 0. The Kier molecular flexibility index (Phi) is 3.41. The van der Waals surface area contributed by atoms with Gasteiger partial charge in [-0.15, -0.1) is 0 Å². The van der Waals surface area contributed by atoms with Gasteiger partial charge in [0.2, 0.25) is 0 Å². The zero-order valence-electron chi connectivity index (χ0n) is 6.00. The van der Waals surface area contributed by atoms with Crippen molar-refractivity contribution in [1.29, 1.82) is 0 Å². The van der Waals surface area contributed by atoms with Crippen LogP contribution in [0.3, 0.4) is 0 Å². The molecule has 0 heterocycles. The molecule has 0 nitrogen and oxygen atoms in total. The van der Waals surface area contributed by atoms with Gasteiger partial charge in [-0.2, -0.15) is 0 Å². The Morgan fingerprint density at radius 2 is 2.09 bits per heavy atom. The SMILES string of the molecule is Cc1ccc(CBr)c(Br)c1Cl. The van der Waals surface area contributed by atoms with Crippen molar-refractivity contribution in [2.45, 2.75) is 12.3 Å². The van der Waals surface area contributed by atoms with E-state index in [0.717, 1.165) is 20.4 Å². The van der Waals surface area contributed by atoms with Crippen molar-refractivity contribution >= 4 is 43.5 Å². The van der Waals surface area contributed by atoms with Crippen LogP contribution in [-0.4, -0.2) is 0 Å². The molecule has 1 rings (SSSR count). The fraction of sp³-hybridized carbons (Fsp3) is 0.250. The predicted octanol–water partition coefficient (Wildman–Crippen LogP) is 4.31. The van der Waals surface area contributed by atoms with Crippen molar-refractivity contribution in [3.8, 4) is 0 Å². The predicted molar refractivity (Wildman–Crippen MR) is 56.5 cm³/mol. The number of alkyl halides is 1. The Balaban J connectivity index is 3.25. The average molecular weight is 298 g/mol. The lowest BCUT2D eigenvalue weighted by molar-refractivity contribution is 1.35. The molecule has 0 N–H and O–H groups in total. The molecule has 0 atom stereocenters. The van der Waals surface area contributed by atoms with Crippen molar-refractivity contribution in [1.82, 2.24) is 0 Å². The first-order chi connectivity index (χ1) is 5.16. The van der Waals surface area contributed by atoms with Gasteiger partial charge < -0.3 is 0 Å². The minimum absolute atomic E-state index is 0.807. The molecule has 0 spiro atoms. The topological polar surface area (TPSA) is 0 Å². The Labute approximate surface area is 88.2 Å². The van der Waals surface area contributed by atoms with Gasteiger partial charge in [0.1, 0.15) is 0 Å². The second kappa shape index (κ2) is 3.92. The smallest absolute Gasteiger partial charge is 0.0580 e. The second-order valence-corrected chi connectivity index (χ2v) is 4.03. The number of aryl methyl sites for hydroxylation is 1. The van der Waals surface area contributed by atoms with E-state index in [2.05, 4.69) is 37.9 Å². The van der Waals surface area contributed by atoms with E-state index < -0.39 is 0 Å². The first-order valence-electron chi connectivity index (χ1n) is 3.16. The summed E-state index contributed by atoms with van der Waals surface area (Å²) in [5.41, 5.74) is 2.28. The molecule has 0 amide bonds. The summed E-state index contributed by atoms with van der Waals surface area (Å²) in [5.74, 6) is 0. The Morgan fingerprint density at radius 3 is 2.64 bits per heavy atom. The van der Waals surface area contributed by atoms with Gasteiger partial charge in [-0.25, -0.2) is 0 Å². The minimum atomic E-state index is 0.807. The van der Waals surface area contributed by atoms with Gasteiger partial charge in [0.15, 0.2) is 0 Å². The summed E-state index contributed by atoms with van der Waals surface area (Å²) in [4.78, 5) is 0. The highest BCUT2D eigenvalue weighted by atomic mass is 79.9. The van der Waals surface area contributed by atoms with Crippen LogP contribution in [-0.2, 0) is 5.33 Å². The molecule has 0 radical (unpaired) electrons. The molecular formula is C8H7Br2Cl. The van der Waals surface area contributed by atoms with Gasteiger partial charge in [0.05, 0.1) is 5.02 Å². The number of benzene rings is 1. The Morgan fingerprint density at radius 1 is 1.45 bits per heavy atom. The summed E-state index contributed by atoms with van der Waals surface area (Å²) in [6.07, 6.45) is 0. The van der Waals surface area contributed by atoms with E-state index in [-0.39, 0.29) is 0 Å². The molecule has 0 unspecified atom stereocenters. The van der Waals surface area contributed by atoms with Gasteiger partial charge in [-0.05, 0) is 34.0 Å². The molecule has 11 heavy (non-hydrogen) atoms. The van der Waals surface area contributed by atoms with E-state index in [1.165, 1.54) is 5.56 Å². The van der Waals surface area contributed by atoms with Crippen LogP contribution in [0.4, 0.5) is 0 Å². The monoisotopic (exact) mass is 296 g/mol. The first-order valence-corrected chi connectivity index (χ1v) is 5.45. The largest absolute Gasteiger partial charge is 0.0876 e. The van der Waals surface area contributed by atoms with Crippen LogP contribution in [0.2, 0.25) is 5.02 Å². The molecule has 0 aliphatic rings. The third kappa shape index (κ3) is 1.98. The minimum Gasteiger partial charge on any atom is -0.0876 e. The van der Waals surface area contributed by atoms with E-state index in [4.69, 9.17) is 11.6 Å². The molecule has 0 bridgehead atoms. The highest BCUT2D eigenvalue weighted by Crippen LogP contribution is 2.30. The van der Waals surface area contributed by atoms with Gasteiger partial charge in [0, 0.05) is 9.80 Å². The highest BCUT2D eigenvalue weighted by Gasteiger charge is 2.04. The molecule has 3 heteroatoms. The van der Waals surface area contributed by atoms with Crippen molar-refractivity contribution in [3.63, 3.8) is 0 Å². The fourth-order valence-corrected chi connectivity index (χ4v) is 2.40. The van der Waals surface area contributed by atoms with E-state index in [0.29, 0.717) is 0 Å². The fourth-order valence-electron chi connectivity index (χ4n) is 0.789. The standard InChI is InChI=1S/C8H7Br2Cl/c1-5-2-3-6(4-9)7(10)8(5)11/h2-3H,4H2,1H3. The highest BCUT2D eigenvalue weighted by molar-refractivity contribution is 9.10. The molecule has 1 aromatic rings. The molecule has 1 aromatic carbocycles. The second-order valence-electron chi connectivity index (χ2n) is 2.30. The first kappa shape index (κ1) is 9.56. The number of halogens is 3. The third-order valence-corrected chi connectivity index (χ3v) is 3.72. The quantitative estimate of drug-likeness (QED) is 0.678. The van der Waals surface area contributed by atoms with Crippen LogP contribution < -0.4 is 0 Å². The van der Waals surface area contributed by atoms with Gasteiger partial charge >= 0.3 is 0 Å². The van der Waals surface area contributed by atoms with Crippen LogP contribution in [0.15, 0.2) is 16.6 Å². The summed E-state index contributed by atoms with van der Waals surface area (Å²) in [6.45, 7) is 1.99. The van der Waals surface area contributed by atoms with E-state index in [1.807, 2.05) is 13.0 Å². The summed E-state index contributed by atoms with van der Waals surface area (Å²) < 4.78 is 0.996. The van der Waals surface area contributed by atoms with Crippen LogP contribution in [0.25, 0.3) is 0 Å². The molecule has 0 aromatic heterocycles. The van der Waals surface area contributed by atoms with Crippen LogP contribution >= 0.6 is 43.5 Å². The molecule has 60 valence electrons. The van der Waals surface area contributed by atoms with E-state index in [1.54, 1.807) is 0 Å². The zero-order chi connectivity index (χ0) is 8.43. The van der Waals surface area contributed by atoms with Crippen molar-refractivity contribution < 1.29 is 0 Å². The number of hydrogen-bond donors (Lipinski definition) is 0. The lowest BCUT2D eigenvalue weighted by Gasteiger charge is -2.04. The van der Waals surface area contributed by atoms with Crippen molar-refractivity contribution in [3.05, 3.63) is 32.8 Å². The third-order valence-electron chi connectivity index (χ3n) is 1.50. The van der Waals surface area contributed by atoms with Crippen LogP contribution in [0.5, 0.6) is 0 Å². The van der Waals surface area contributed by atoms with E-state index >= 15 is 0 Å². The molecule has 0 aliphatic carbocycles. The Bertz CT molecular complexity index is 271. The zero-order valence-corrected chi connectivity index (χ0v) is 9.92. The molecular weight excluding hydrogens is 291 g/mol. The van der Waals surface area contributed by atoms with Crippen molar-refractivity contribution in [2.24, 2.45) is 0 Å². The summed E-state index contributed by atoms with van der Waals surface area (Å²) in [6, 6.07) is 4.07. The average Bonchev–Trinajstić information content (AvgIpc) is 2.01. The normalized spacial score (nSPS) is 10.2. The lowest BCUT2D eigenvalue weighted by atomic mass is 10.2. The van der Waals surface area contributed by atoms with Crippen LogP contribution in [0.1, 0.15) is 11.1 Å². The van der Waals surface area contributed by atoms with Gasteiger partial charge in [-0.3, -0.25) is 0 Å². The maximum absolute atomic E-state index is 5.99. The maximum Gasteiger partial charge on any atom is 0.0580 e. The van der Waals surface area contributed by atoms with Crippen molar-refractivity contribution in [2.75, 3.05) is 0 Å². The Hall–Kier alpha value is 0.470. The van der Waals surface area contributed by atoms with Gasteiger partial charge in [-0.1, -0.05) is 39.7 Å². The maximum atomic E-state index is 5.99. The molecule has 0 saturated heterocycles. The molecule has 0 saturated carbocycles. The summed E-state index contributed by atoms with van der Waals surface area (Å²) in [7, 11) is 0. The molecule has 0 fully saturated rings. The lowest BCUT2D eigenvalue weighted by Crippen LogP contribution is -1.83.